The Morgan fingerprint density at radius 3 is 2.75 bits per heavy atom. The van der Waals surface area contributed by atoms with E-state index in [-0.39, 0.29) is 18.0 Å². The van der Waals surface area contributed by atoms with Crippen LogP contribution in [0.25, 0.3) is 0 Å². The van der Waals surface area contributed by atoms with Gasteiger partial charge in [-0.15, -0.1) is 0 Å². The number of carbonyl (C=O) groups excluding carboxylic acids is 1. The maximum Gasteiger partial charge on any atom is 0.309 e. The lowest BCUT2D eigenvalue weighted by molar-refractivity contribution is -0.144. The van der Waals surface area contributed by atoms with E-state index in [4.69, 9.17) is 4.74 Å². The Labute approximate surface area is 121 Å². The molecule has 1 N–H and O–H groups in total. The number of rotatable bonds is 8. The van der Waals surface area contributed by atoms with E-state index in [1.807, 2.05) is 30.3 Å². The second-order valence-corrected chi connectivity index (χ2v) is 5.59. The zero-order chi connectivity index (χ0) is 14.2. The van der Waals surface area contributed by atoms with E-state index in [1.54, 1.807) is 0 Å². The summed E-state index contributed by atoms with van der Waals surface area (Å²) >= 11 is 0. The normalized spacial score (nSPS) is 21.8. The number of carbonyl (C=O) groups is 1. The van der Waals surface area contributed by atoms with Gasteiger partial charge in [-0.1, -0.05) is 50.8 Å². The van der Waals surface area contributed by atoms with Crippen molar-refractivity contribution in [2.75, 3.05) is 11.9 Å². The summed E-state index contributed by atoms with van der Waals surface area (Å²) < 4.78 is 5.45. The summed E-state index contributed by atoms with van der Waals surface area (Å²) in [5.41, 5.74) is 1.08. The van der Waals surface area contributed by atoms with Crippen LogP contribution in [-0.4, -0.2) is 18.6 Å². The van der Waals surface area contributed by atoms with Crippen LogP contribution in [0.5, 0.6) is 0 Å². The van der Waals surface area contributed by atoms with Crippen LogP contribution in [0.4, 0.5) is 5.69 Å². The summed E-state index contributed by atoms with van der Waals surface area (Å²) in [5.74, 6) is 0.121. The predicted molar refractivity (Wildman–Crippen MR) is 81.7 cm³/mol. The molecule has 0 spiro atoms. The summed E-state index contributed by atoms with van der Waals surface area (Å²) in [5, 5.41) is 3.33. The molecule has 1 aliphatic rings. The van der Waals surface area contributed by atoms with Crippen LogP contribution in [0.15, 0.2) is 30.3 Å². The minimum Gasteiger partial charge on any atom is -0.460 e. The minimum atomic E-state index is 0.00126. The fourth-order valence-corrected chi connectivity index (χ4v) is 2.69. The molecule has 110 valence electrons. The summed E-state index contributed by atoms with van der Waals surface area (Å²) in [6.45, 7) is 2.91. The molecule has 1 fully saturated rings. The first-order valence-corrected chi connectivity index (χ1v) is 7.79. The van der Waals surface area contributed by atoms with Gasteiger partial charge in [0.15, 0.2) is 0 Å². The van der Waals surface area contributed by atoms with Gasteiger partial charge in [-0.3, -0.25) is 4.79 Å². The molecule has 0 radical (unpaired) electrons. The van der Waals surface area contributed by atoms with Gasteiger partial charge in [-0.2, -0.15) is 0 Å². The molecule has 1 heterocycles. The molecule has 0 aromatic heterocycles. The topological polar surface area (TPSA) is 38.3 Å². The van der Waals surface area contributed by atoms with Crippen molar-refractivity contribution < 1.29 is 9.53 Å². The molecule has 0 aliphatic carbocycles. The van der Waals surface area contributed by atoms with Gasteiger partial charge in [0.1, 0.15) is 6.10 Å². The lowest BCUT2D eigenvalue weighted by atomic mass is 9.97. The molecule has 2 unspecified atom stereocenters. The molecule has 1 aliphatic heterocycles. The first-order valence-electron chi connectivity index (χ1n) is 7.79. The van der Waals surface area contributed by atoms with Crippen molar-refractivity contribution in [2.24, 2.45) is 5.92 Å². The van der Waals surface area contributed by atoms with Crippen LogP contribution < -0.4 is 5.32 Å². The predicted octanol–water partition coefficient (Wildman–Crippen LogP) is 4.00. The summed E-state index contributed by atoms with van der Waals surface area (Å²) in [4.78, 5) is 11.8. The molecule has 0 amide bonds. The second kappa shape index (κ2) is 7.93. The van der Waals surface area contributed by atoms with E-state index in [9.17, 15) is 4.79 Å². The highest BCUT2D eigenvalue weighted by molar-refractivity contribution is 5.74. The van der Waals surface area contributed by atoms with Crippen molar-refractivity contribution in [1.29, 1.82) is 0 Å². The number of hydrogen-bond acceptors (Lipinski definition) is 3. The highest BCUT2D eigenvalue weighted by atomic mass is 16.6. The van der Waals surface area contributed by atoms with Crippen molar-refractivity contribution >= 4 is 11.7 Å². The number of hydrogen-bond donors (Lipinski definition) is 1. The zero-order valence-electron chi connectivity index (χ0n) is 12.3. The lowest BCUT2D eigenvalue weighted by Gasteiger charge is -2.11. The fourth-order valence-electron chi connectivity index (χ4n) is 2.69. The Morgan fingerprint density at radius 1 is 1.20 bits per heavy atom. The number of benzene rings is 1. The van der Waals surface area contributed by atoms with Crippen LogP contribution in [0.3, 0.4) is 0 Å². The quantitative estimate of drug-likeness (QED) is 0.575. The van der Waals surface area contributed by atoms with Gasteiger partial charge in [0.2, 0.25) is 0 Å². The van der Waals surface area contributed by atoms with Gasteiger partial charge in [-0.05, 0) is 25.0 Å². The monoisotopic (exact) mass is 275 g/mol. The van der Waals surface area contributed by atoms with Crippen LogP contribution in [0, 0.1) is 5.92 Å². The largest absolute Gasteiger partial charge is 0.460 e. The van der Waals surface area contributed by atoms with Crippen LogP contribution in [0.2, 0.25) is 0 Å². The first kappa shape index (κ1) is 14.9. The first-order chi connectivity index (χ1) is 9.79. The van der Waals surface area contributed by atoms with Crippen LogP contribution in [-0.2, 0) is 9.53 Å². The maximum atomic E-state index is 11.8. The minimum absolute atomic E-state index is 0.00126. The van der Waals surface area contributed by atoms with Crippen molar-refractivity contribution in [2.45, 2.75) is 51.6 Å². The third kappa shape index (κ3) is 4.55. The fraction of sp³-hybridized carbons (Fsp3) is 0.588. The number of para-hydroxylation sites is 1. The number of unbranched alkanes of at least 4 members (excludes halogenated alkanes) is 3. The van der Waals surface area contributed by atoms with E-state index >= 15 is 0 Å². The maximum absolute atomic E-state index is 11.8. The highest BCUT2D eigenvalue weighted by Gasteiger charge is 2.33. The van der Waals surface area contributed by atoms with Gasteiger partial charge in [-0.25, -0.2) is 0 Å². The molecule has 3 heteroatoms. The molecule has 0 bridgehead atoms. The van der Waals surface area contributed by atoms with E-state index in [1.165, 1.54) is 19.3 Å². The average Bonchev–Trinajstić information content (AvgIpc) is 2.83. The Hall–Kier alpha value is -1.51. The lowest BCUT2D eigenvalue weighted by Crippen LogP contribution is -2.19. The molecule has 3 nitrogen and oxygen atoms in total. The molecule has 1 aromatic carbocycles. The Kier molecular flexibility index (Phi) is 5.90. The van der Waals surface area contributed by atoms with Crippen molar-refractivity contribution in [1.82, 2.24) is 0 Å². The standard InChI is InChI=1S/C17H25NO2/c1-2-3-4-6-9-14-12-16(20-17(14)19)13-18-15-10-7-5-8-11-15/h5,7-8,10-11,14,16,18H,2-4,6,9,12-13H2,1H3. The molecule has 20 heavy (non-hydrogen) atoms. The summed E-state index contributed by atoms with van der Waals surface area (Å²) in [6, 6.07) is 10.0. The highest BCUT2D eigenvalue weighted by Crippen LogP contribution is 2.26. The van der Waals surface area contributed by atoms with E-state index < -0.39 is 0 Å². The molecular formula is C17H25NO2. The summed E-state index contributed by atoms with van der Waals surface area (Å²) in [7, 11) is 0. The number of nitrogens with one attached hydrogen (secondary N) is 1. The summed E-state index contributed by atoms with van der Waals surface area (Å²) in [6.07, 6.45) is 6.75. The zero-order valence-corrected chi connectivity index (χ0v) is 12.3. The number of cyclic esters (lactones) is 1. The van der Waals surface area contributed by atoms with Gasteiger partial charge >= 0.3 is 5.97 Å². The smallest absolute Gasteiger partial charge is 0.309 e. The molecule has 0 saturated carbocycles. The van der Waals surface area contributed by atoms with Gasteiger partial charge < -0.3 is 10.1 Å². The van der Waals surface area contributed by atoms with E-state index in [2.05, 4.69) is 12.2 Å². The van der Waals surface area contributed by atoms with E-state index in [0.717, 1.165) is 24.9 Å². The Bertz CT molecular complexity index is 405. The molecule has 1 aromatic rings. The van der Waals surface area contributed by atoms with Crippen molar-refractivity contribution in [3.8, 4) is 0 Å². The molecule has 1 saturated heterocycles. The molecular weight excluding hydrogens is 250 g/mol. The third-order valence-corrected chi connectivity index (χ3v) is 3.88. The second-order valence-electron chi connectivity index (χ2n) is 5.59. The number of esters is 1. The van der Waals surface area contributed by atoms with E-state index in [0.29, 0.717) is 6.54 Å². The Balaban J connectivity index is 1.69. The van der Waals surface area contributed by atoms with Crippen LogP contribution in [0.1, 0.15) is 45.4 Å². The van der Waals surface area contributed by atoms with Crippen LogP contribution >= 0.6 is 0 Å². The SMILES string of the molecule is CCCCCCC1CC(CNc2ccccc2)OC1=O. The molecule has 2 atom stereocenters. The third-order valence-electron chi connectivity index (χ3n) is 3.88. The van der Waals surface area contributed by atoms with Gasteiger partial charge in [0, 0.05) is 5.69 Å². The van der Waals surface area contributed by atoms with Crippen molar-refractivity contribution in [3.63, 3.8) is 0 Å². The van der Waals surface area contributed by atoms with Gasteiger partial charge in [0.25, 0.3) is 0 Å². The average molecular weight is 275 g/mol. The Morgan fingerprint density at radius 2 is 2.00 bits per heavy atom. The molecule has 2 rings (SSSR count). The van der Waals surface area contributed by atoms with Gasteiger partial charge in [0.05, 0.1) is 12.5 Å². The van der Waals surface area contributed by atoms with Crippen molar-refractivity contribution in [3.05, 3.63) is 30.3 Å². The number of anilines is 1. The number of ether oxygens (including phenoxy) is 1.